The van der Waals surface area contributed by atoms with Gasteiger partial charge in [-0.25, -0.2) is 4.98 Å². The molecule has 0 atom stereocenters. The molecule has 1 fully saturated rings. The van der Waals surface area contributed by atoms with Gasteiger partial charge in [0.15, 0.2) is 0 Å². The maximum atomic E-state index is 12.4. The average Bonchev–Trinajstić information content (AvgIpc) is 2.90. The van der Waals surface area contributed by atoms with Crippen LogP contribution in [0.1, 0.15) is 0 Å². The van der Waals surface area contributed by atoms with Gasteiger partial charge < -0.3 is 9.47 Å². The molecule has 1 aromatic carbocycles. The summed E-state index contributed by atoms with van der Waals surface area (Å²) in [6.45, 7) is 0.371. The molecule has 1 aliphatic rings. The van der Waals surface area contributed by atoms with Crippen molar-refractivity contribution in [2.75, 3.05) is 32.7 Å². The highest BCUT2D eigenvalue weighted by atomic mass is 19.4. The van der Waals surface area contributed by atoms with Crippen molar-refractivity contribution in [2.24, 2.45) is 0 Å². The molecule has 0 saturated carbocycles. The number of hydrogen-bond acceptors (Lipinski definition) is 3. The van der Waals surface area contributed by atoms with Crippen molar-refractivity contribution in [3.05, 3.63) is 30.6 Å². The lowest BCUT2D eigenvalue weighted by Gasteiger charge is -2.35. The van der Waals surface area contributed by atoms with Crippen LogP contribution in [0, 0.1) is 0 Å². The third-order valence-corrected chi connectivity index (χ3v) is 3.96. The van der Waals surface area contributed by atoms with Crippen LogP contribution in [-0.4, -0.2) is 64.2 Å². The monoisotopic (exact) mass is 326 g/mol. The van der Waals surface area contributed by atoms with Crippen molar-refractivity contribution >= 4 is 16.9 Å². The minimum absolute atomic E-state index is 0.0974. The number of imidazole rings is 1. The third-order valence-electron chi connectivity index (χ3n) is 3.96. The lowest BCUT2D eigenvalue weighted by molar-refractivity contribution is -0.151. The minimum Gasteiger partial charge on any atom is -0.339 e. The van der Waals surface area contributed by atoms with E-state index in [1.54, 1.807) is 15.8 Å². The van der Waals surface area contributed by atoms with Gasteiger partial charge in [0.1, 0.15) is 6.54 Å². The topological polar surface area (TPSA) is 41.4 Å². The first-order chi connectivity index (χ1) is 10.9. The van der Waals surface area contributed by atoms with Crippen LogP contribution in [-0.2, 0) is 11.3 Å². The predicted octanol–water partition coefficient (Wildman–Crippen LogP) is 1.74. The maximum absolute atomic E-state index is 12.4. The van der Waals surface area contributed by atoms with Gasteiger partial charge in [-0.2, -0.15) is 13.2 Å². The Bertz CT molecular complexity index is 689. The standard InChI is InChI=1S/C15H17F3N4O/c16-15(17,18)10-20-5-7-21(8-6-20)14(23)9-22-11-19-12-3-1-2-4-13(12)22/h1-4,11H,5-10H2. The number of alkyl halides is 3. The zero-order chi connectivity index (χ0) is 16.4. The smallest absolute Gasteiger partial charge is 0.339 e. The number of halogens is 3. The van der Waals surface area contributed by atoms with Crippen molar-refractivity contribution in [1.82, 2.24) is 19.4 Å². The van der Waals surface area contributed by atoms with E-state index in [0.717, 1.165) is 11.0 Å². The van der Waals surface area contributed by atoms with Crippen LogP contribution in [0.4, 0.5) is 13.2 Å². The lowest BCUT2D eigenvalue weighted by atomic mass is 10.3. The van der Waals surface area contributed by atoms with E-state index in [1.165, 1.54) is 4.90 Å². The van der Waals surface area contributed by atoms with E-state index in [1.807, 2.05) is 24.3 Å². The normalized spacial score (nSPS) is 16.9. The van der Waals surface area contributed by atoms with Crippen LogP contribution < -0.4 is 0 Å². The zero-order valence-corrected chi connectivity index (χ0v) is 12.5. The van der Waals surface area contributed by atoms with Gasteiger partial charge in [0.2, 0.25) is 5.91 Å². The average molecular weight is 326 g/mol. The Kier molecular flexibility index (Phi) is 4.25. The molecule has 1 aliphatic heterocycles. The molecular weight excluding hydrogens is 309 g/mol. The Balaban J connectivity index is 1.58. The number of carbonyl (C=O) groups is 1. The first-order valence-corrected chi connectivity index (χ1v) is 7.39. The maximum Gasteiger partial charge on any atom is 0.401 e. The van der Waals surface area contributed by atoms with Crippen molar-refractivity contribution < 1.29 is 18.0 Å². The summed E-state index contributed by atoms with van der Waals surface area (Å²) in [5.74, 6) is -0.0974. The molecule has 3 rings (SSSR count). The summed E-state index contributed by atoms with van der Waals surface area (Å²) in [7, 11) is 0. The molecule has 1 amide bonds. The van der Waals surface area contributed by atoms with E-state index < -0.39 is 12.7 Å². The first kappa shape index (κ1) is 15.8. The number of benzene rings is 1. The van der Waals surface area contributed by atoms with Gasteiger partial charge in [-0.15, -0.1) is 0 Å². The number of nitrogens with zero attached hydrogens (tertiary/aromatic N) is 4. The van der Waals surface area contributed by atoms with Crippen molar-refractivity contribution in [1.29, 1.82) is 0 Å². The molecule has 8 heteroatoms. The highest BCUT2D eigenvalue weighted by molar-refractivity contribution is 5.80. The van der Waals surface area contributed by atoms with Crippen molar-refractivity contribution in [3.8, 4) is 0 Å². The Morgan fingerprint density at radius 2 is 1.83 bits per heavy atom. The number of piperazine rings is 1. The van der Waals surface area contributed by atoms with E-state index in [2.05, 4.69) is 4.98 Å². The van der Waals surface area contributed by atoms with Crippen LogP contribution in [0.25, 0.3) is 11.0 Å². The first-order valence-electron chi connectivity index (χ1n) is 7.39. The fourth-order valence-electron chi connectivity index (χ4n) is 2.79. The molecule has 0 spiro atoms. The third kappa shape index (κ3) is 3.82. The summed E-state index contributed by atoms with van der Waals surface area (Å²) in [5.41, 5.74) is 1.69. The van der Waals surface area contributed by atoms with E-state index in [9.17, 15) is 18.0 Å². The molecule has 0 N–H and O–H groups in total. The molecule has 1 saturated heterocycles. The second-order valence-electron chi connectivity index (χ2n) is 5.63. The largest absolute Gasteiger partial charge is 0.401 e. The molecule has 0 radical (unpaired) electrons. The van der Waals surface area contributed by atoms with E-state index in [-0.39, 0.29) is 25.5 Å². The van der Waals surface area contributed by atoms with Gasteiger partial charge in [-0.1, -0.05) is 12.1 Å². The van der Waals surface area contributed by atoms with Gasteiger partial charge in [-0.05, 0) is 12.1 Å². The summed E-state index contributed by atoms with van der Waals surface area (Å²) in [6, 6.07) is 7.51. The Morgan fingerprint density at radius 3 is 2.52 bits per heavy atom. The van der Waals surface area contributed by atoms with Gasteiger partial charge >= 0.3 is 6.18 Å². The molecule has 2 heterocycles. The van der Waals surface area contributed by atoms with Crippen LogP contribution in [0.5, 0.6) is 0 Å². The number of hydrogen-bond donors (Lipinski definition) is 0. The molecule has 0 aliphatic carbocycles. The number of carbonyl (C=O) groups excluding carboxylic acids is 1. The highest BCUT2D eigenvalue weighted by Crippen LogP contribution is 2.18. The molecule has 23 heavy (non-hydrogen) atoms. The SMILES string of the molecule is O=C(Cn1cnc2ccccc21)N1CCN(CC(F)(F)F)CC1. The number of fused-ring (bicyclic) bond motifs is 1. The van der Waals surface area contributed by atoms with Crippen LogP contribution >= 0.6 is 0 Å². The molecule has 124 valence electrons. The van der Waals surface area contributed by atoms with Crippen molar-refractivity contribution in [2.45, 2.75) is 12.7 Å². The molecule has 0 bridgehead atoms. The lowest BCUT2D eigenvalue weighted by Crippen LogP contribution is -2.51. The quantitative estimate of drug-likeness (QED) is 0.863. The summed E-state index contributed by atoms with van der Waals surface area (Å²) in [6.07, 6.45) is -2.58. The van der Waals surface area contributed by atoms with Gasteiger partial charge in [0.05, 0.1) is 23.9 Å². The van der Waals surface area contributed by atoms with Gasteiger partial charge in [0.25, 0.3) is 0 Å². The molecule has 2 aromatic rings. The van der Waals surface area contributed by atoms with Crippen LogP contribution in [0.3, 0.4) is 0 Å². The molecule has 0 unspecified atom stereocenters. The van der Waals surface area contributed by atoms with Crippen molar-refractivity contribution in [3.63, 3.8) is 0 Å². The Hall–Kier alpha value is -2.09. The summed E-state index contributed by atoms with van der Waals surface area (Å²) < 4.78 is 38.9. The minimum atomic E-state index is -4.19. The Morgan fingerprint density at radius 1 is 1.13 bits per heavy atom. The summed E-state index contributed by atoms with van der Waals surface area (Å²) in [5, 5.41) is 0. The van der Waals surface area contributed by atoms with Gasteiger partial charge in [0, 0.05) is 26.2 Å². The fraction of sp³-hybridized carbons (Fsp3) is 0.467. The zero-order valence-electron chi connectivity index (χ0n) is 12.5. The Labute approximate surface area is 131 Å². The van der Waals surface area contributed by atoms with Crippen LogP contribution in [0.2, 0.25) is 0 Å². The number of para-hydroxylation sites is 2. The predicted molar refractivity (Wildman–Crippen MR) is 78.8 cm³/mol. The van der Waals surface area contributed by atoms with Crippen LogP contribution in [0.15, 0.2) is 30.6 Å². The second kappa shape index (κ2) is 6.19. The number of aromatic nitrogens is 2. The van der Waals surface area contributed by atoms with E-state index in [4.69, 9.17) is 0 Å². The fourth-order valence-corrected chi connectivity index (χ4v) is 2.79. The molecule has 1 aromatic heterocycles. The van der Waals surface area contributed by atoms with Gasteiger partial charge in [-0.3, -0.25) is 9.69 Å². The number of rotatable bonds is 3. The second-order valence-corrected chi connectivity index (χ2v) is 5.63. The van der Waals surface area contributed by atoms with E-state index >= 15 is 0 Å². The molecule has 5 nitrogen and oxygen atoms in total. The summed E-state index contributed by atoms with van der Waals surface area (Å²) in [4.78, 5) is 19.5. The summed E-state index contributed by atoms with van der Waals surface area (Å²) >= 11 is 0. The van der Waals surface area contributed by atoms with E-state index in [0.29, 0.717) is 13.1 Å². The highest BCUT2D eigenvalue weighted by Gasteiger charge is 2.32. The number of amides is 1. The molecular formula is C15H17F3N4O.